The number of halogens is 1. The lowest BCUT2D eigenvalue weighted by atomic mass is 9.58. The van der Waals surface area contributed by atoms with Gasteiger partial charge >= 0.3 is 0 Å². The van der Waals surface area contributed by atoms with Gasteiger partial charge in [0, 0.05) is 46.9 Å². The number of hydrogen-bond donors (Lipinski definition) is 1. The Labute approximate surface area is 227 Å². The molecule has 3 aliphatic carbocycles. The standard InChI is InChI=1S/C29H31ClN6O2/c1-16-6-18(12-32-26(16)35-14-19-7-25(19)28(35)38)17(2)36-15-20(13-33-36)27(37)34-24-8-22(9-24)29(3)10-23(30)5-4-21(29)11-31/h4-6,12-13,15,17,19,22,24-25H,7-10,14H2,1-3H3,(H,34,37)/t17-,19+,22?,24?,25+,29?/m0/s1. The van der Waals surface area contributed by atoms with Gasteiger partial charge in [-0.25, -0.2) is 4.98 Å². The summed E-state index contributed by atoms with van der Waals surface area (Å²) in [6.45, 7) is 6.87. The Balaban J connectivity index is 1.07. The molecule has 1 unspecified atom stereocenters. The minimum atomic E-state index is -0.285. The Morgan fingerprint density at radius 3 is 2.76 bits per heavy atom. The van der Waals surface area contributed by atoms with Gasteiger partial charge < -0.3 is 5.32 Å². The maximum absolute atomic E-state index is 13.0. The van der Waals surface area contributed by atoms with Crippen LogP contribution in [-0.4, -0.2) is 39.2 Å². The summed E-state index contributed by atoms with van der Waals surface area (Å²) in [7, 11) is 0. The molecule has 3 fully saturated rings. The quantitative estimate of drug-likeness (QED) is 0.584. The van der Waals surface area contributed by atoms with Crippen molar-refractivity contribution < 1.29 is 9.59 Å². The highest BCUT2D eigenvalue weighted by Gasteiger charge is 2.53. The molecule has 4 aliphatic rings. The second kappa shape index (κ2) is 9.09. The minimum Gasteiger partial charge on any atom is -0.349 e. The first-order valence-corrected chi connectivity index (χ1v) is 13.7. The number of fused-ring (bicyclic) bond motifs is 1. The van der Waals surface area contributed by atoms with Crippen LogP contribution in [0.5, 0.6) is 0 Å². The summed E-state index contributed by atoms with van der Waals surface area (Å²) in [5.74, 6) is 1.79. The molecule has 1 N–H and O–H groups in total. The van der Waals surface area contributed by atoms with Gasteiger partial charge in [0.1, 0.15) is 5.82 Å². The van der Waals surface area contributed by atoms with Crippen molar-refractivity contribution in [2.75, 3.05) is 11.4 Å². The third kappa shape index (κ3) is 4.14. The average molecular weight is 531 g/mol. The second-order valence-electron chi connectivity index (χ2n) is 11.6. The van der Waals surface area contributed by atoms with Gasteiger partial charge in [-0.05, 0) is 80.7 Å². The van der Waals surface area contributed by atoms with E-state index in [2.05, 4.69) is 34.5 Å². The Bertz CT molecular complexity index is 1430. The number of carbonyl (C=O) groups excluding carboxylic acids is 2. The molecule has 9 heteroatoms. The zero-order valence-corrected chi connectivity index (χ0v) is 22.6. The molecule has 1 aliphatic heterocycles. The first kappa shape index (κ1) is 24.9. The summed E-state index contributed by atoms with van der Waals surface area (Å²) < 4.78 is 1.77. The summed E-state index contributed by atoms with van der Waals surface area (Å²) in [5, 5.41) is 17.9. The van der Waals surface area contributed by atoms with Crippen molar-refractivity contribution in [3.63, 3.8) is 0 Å². The lowest BCUT2D eigenvalue weighted by Crippen LogP contribution is -2.50. The van der Waals surface area contributed by atoms with E-state index in [0.29, 0.717) is 23.8 Å². The van der Waals surface area contributed by atoms with E-state index in [0.717, 1.165) is 53.4 Å². The molecule has 2 amide bonds. The van der Waals surface area contributed by atoms with Crippen molar-refractivity contribution in [1.29, 1.82) is 5.26 Å². The molecule has 0 spiro atoms. The molecular formula is C29H31ClN6O2. The predicted octanol–water partition coefficient (Wildman–Crippen LogP) is 4.67. The van der Waals surface area contributed by atoms with E-state index < -0.39 is 0 Å². The Hall–Kier alpha value is -3.44. The van der Waals surface area contributed by atoms with Crippen molar-refractivity contribution in [1.82, 2.24) is 20.1 Å². The fourth-order valence-electron chi connectivity index (χ4n) is 6.31. The van der Waals surface area contributed by atoms with Crippen LogP contribution in [0.3, 0.4) is 0 Å². The average Bonchev–Trinajstić information content (AvgIpc) is 3.32. The second-order valence-corrected chi connectivity index (χ2v) is 12.1. The van der Waals surface area contributed by atoms with Gasteiger partial charge in [0.2, 0.25) is 5.91 Å². The first-order valence-electron chi connectivity index (χ1n) is 13.3. The highest BCUT2D eigenvalue weighted by molar-refractivity contribution is 6.29. The van der Waals surface area contributed by atoms with E-state index >= 15 is 0 Å². The number of hydrogen-bond acceptors (Lipinski definition) is 5. The number of piperidine rings is 1. The van der Waals surface area contributed by atoms with Gasteiger partial charge in [0.15, 0.2) is 0 Å². The third-order valence-electron chi connectivity index (χ3n) is 9.07. The van der Waals surface area contributed by atoms with Crippen molar-refractivity contribution in [3.8, 4) is 6.07 Å². The van der Waals surface area contributed by atoms with Crippen molar-refractivity contribution in [3.05, 3.63) is 64.1 Å². The predicted molar refractivity (Wildman–Crippen MR) is 143 cm³/mol. The van der Waals surface area contributed by atoms with E-state index in [4.69, 9.17) is 11.6 Å². The highest BCUT2D eigenvalue weighted by atomic mass is 35.5. The highest BCUT2D eigenvalue weighted by Crippen LogP contribution is 2.52. The van der Waals surface area contributed by atoms with Crippen molar-refractivity contribution in [2.24, 2.45) is 23.2 Å². The number of rotatable bonds is 6. The number of nitrogens with one attached hydrogen (secondary N) is 1. The fourth-order valence-corrected chi connectivity index (χ4v) is 6.65. The molecular weight excluding hydrogens is 500 g/mol. The monoisotopic (exact) mass is 530 g/mol. The fraction of sp³-hybridized carbons (Fsp3) is 0.483. The number of anilines is 1. The zero-order valence-electron chi connectivity index (χ0n) is 21.8. The first-order chi connectivity index (χ1) is 18.2. The van der Waals surface area contributed by atoms with E-state index in [9.17, 15) is 14.9 Å². The van der Waals surface area contributed by atoms with Crippen molar-refractivity contribution in [2.45, 2.75) is 58.5 Å². The van der Waals surface area contributed by atoms with Crippen LogP contribution >= 0.6 is 11.6 Å². The Kier molecular flexibility index (Phi) is 5.95. The van der Waals surface area contributed by atoms with Gasteiger partial charge in [0.05, 0.1) is 23.9 Å². The maximum Gasteiger partial charge on any atom is 0.254 e. The molecule has 0 radical (unpaired) electrons. The molecule has 2 saturated carbocycles. The van der Waals surface area contributed by atoms with Gasteiger partial charge in [-0.15, -0.1) is 0 Å². The van der Waals surface area contributed by atoms with Crippen molar-refractivity contribution >= 4 is 29.2 Å². The molecule has 0 aromatic carbocycles. The lowest BCUT2D eigenvalue weighted by molar-refractivity contribution is -0.118. The number of nitriles is 1. The Morgan fingerprint density at radius 1 is 1.29 bits per heavy atom. The maximum atomic E-state index is 13.0. The molecule has 2 aromatic heterocycles. The van der Waals surface area contributed by atoms with E-state index in [1.165, 1.54) is 0 Å². The smallest absolute Gasteiger partial charge is 0.254 e. The van der Waals surface area contributed by atoms with E-state index in [-0.39, 0.29) is 35.2 Å². The van der Waals surface area contributed by atoms with Crippen LogP contribution in [0.4, 0.5) is 5.82 Å². The molecule has 3 heterocycles. The number of nitrogens with zero attached hydrogens (tertiary/aromatic N) is 5. The summed E-state index contributed by atoms with van der Waals surface area (Å²) in [6.07, 6.45) is 12.1. The molecule has 196 valence electrons. The van der Waals surface area contributed by atoms with Crippen LogP contribution in [0, 0.1) is 41.4 Å². The van der Waals surface area contributed by atoms with Gasteiger partial charge in [-0.1, -0.05) is 18.5 Å². The van der Waals surface area contributed by atoms with Gasteiger partial charge in [-0.2, -0.15) is 10.4 Å². The minimum absolute atomic E-state index is 0.0634. The number of amides is 2. The van der Waals surface area contributed by atoms with Gasteiger partial charge in [0.25, 0.3) is 5.91 Å². The van der Waals surface area contributed by atoms with Crippen LogP contribution in [-0.2, 0) is 4.79 Å². The van der Waals surface area contributed by atoms with Crippen LogP contribution in [0.1, 0.15) is 67.1 Å². The third-order valence-corrected chi connectivity index (χ3v) is 9.33. The van der Waals surface area contributed by atoms with Crippen LogP contribution in [0.15, 0.2) is 47.4 Å². The molecule has 4 atom stereocenters. The number of allylic oxidation sites excluding steroid dienone is 4. The van der Waals surface area contributed by atoms with Crippen LogP contribution in [0.25, 0.3) is 0 Å². The molecule has 1 saturated heterocycles. The number of carbonyl (C=O) groups is 2. The Morgan fingerprint density at radius 2 is 2.08 bits per heavy atom. The SMILES string of the molecule is Cc1cc([C@H](C)n2cc(C(=O)NC3CC(C4(C)CC(Cl)=CC=C4C#N)C3)cn2)cnc1N1C[C@H]2C[C@H]2C1=O. The normalized spacial score (nSPS) is 30.5. The topological polar surface area (TPSA) is 104 Å². The number of pyridine rings is 1. The number of aromatic nitrogens is 3. The lowest BCUT2D eigenvalue weighted by Gasteiger charge is -2.48. The zero-order chi connectivity index (χ0) is 26.8. The van der Waals surface area contributed by atoms with Crippen LogP contribution < -0.4 is 10.2 Å². The van der Waals surface area contributed by atoms with Gasteiger partial charge in [-0.3, -0.25) is 19.2 Å². The number of aryl methyl sites for hydroxylation is 1. The largest absolute Gasteiger partial charge is 0.349 e. The van der Waals surface area contributed by atoms with Crippen LogP contribution in [0.2, 0.25) is 0 Å². The summed E-state index contributed by atoms with van der Waals surface area (Å²) in [4.78, 5) is 31.9. The van der Waals surface area contributed by atoms with E-state index in [1.807, 2.05) is 24.8 Å². The molecule has 0 bridgehead atoms. The summed E-state index contributed by atoms with van der Waals surface area (Å²) in [5.41, 5.74) is 2.91. The summed E-state index contributed by atoms with van der Waals surface area (Å²) in [6, 6.07) is 4.33. The molecule has 6 rings (SSSR count). The van der Waals surface area contributed by atoms with E-state index in [1.54, 1.807) is 29.3 Å². The summed E-state index contributed by atoms with van der Waals surface area (Å²) >= 11 is 6.29. The molecule has 38 heavy (non-hydrogen) atoms. The molecule has 8 nitrogen and oxygen atoms in total. The molecule has 2 aromatic rings.